The van der Waals surface area contributed by atoms with Gasteiger partial charge in [0, 0.05) is 25.6 Å². The number of likely N-dealkylation sites (tertiary alicyclic amines) is 1. The van der Waals surface area contributed by atoms with Gasteiger partial charge >= 0.3 is 0 Å². The average molecular weight is 287 g/mol. The van der Waals surface area contributed by atoms with Crippen LogP contribution < -0.4 is 10.1 Å². The summed E-state index contributed by atoms with van der Waals surface area (Å²) in [5.74, 6) is 2.46. The Balaban J connectivity index is 2.02. The zero-order chi connectivity index (χ0) is 15.1. The molecule has 4 nitrogen and oxygen atoms in total. The molecule has 1 aromatic carbocycles. The molecule has 1 aliphatic rings. The largest absolute Gasteiger partial charge is 0.497 e. The highest BCUT2D eigenvalue weighted by Crippen LogP contribution is 2.28. The second-order valence-electron chi connectivity index (χ2n) is 5.19. The Bertz CT molecular complexity index is 481. The normalized spacial score (nSPS) is 18.7. The number of methoxy groups -OCH3 is 1. The summed E-state index contributed by atoms with van der Waals surface area (Å²) in [7, 11) is 1.70. The lowest BCUT2D eigenvalue weighted by atomic mass is 9.98. The molecule has 1 fully saturated rings. The van der Waals surface area contributed by atoms with Crippen LogP contribution in [0.1, 0.15) is 24.8 Å². The van der Waals surface area contributed by atoms with Crippen LogP contribution in [0, 0.1) is 0 Å². The van der Waals surface area contributed by atoms with Crippen molar-refractivity contribution in [2.75, 3.05) is 33.3 Å². The van der Waals surface area contributed by atoms with Crippen molar-refractivity contribution in [2.24, 2.45) is 4.99 Å². The number of hydrogen-bond acceptors (Lipinski definition) is 2. The molecule has 1 saturated heterocycles. The maximum absolute atomic E-state index is 5.22. The van der Waals surface area contributed by atoms with Gasteiger partial charge in [0.1, 0.15) is 5.75 Å². The fourth-order valence-corrected chi connectivity index (χ4v) is 2.68. The molecule has 114 valence electrons. The number of nitrogens with zero attached hydrogens (tertiary/aromatic N) is 2. The predicted octanol–water partition coefficient (Wildman–Crippen LogP) is 2.64. The molecule has 0 aliphatic carbocycles. The first-order valence-electron chi connectivity index (χ1n) is 7.56. The van der Waals surface area contributed by atoms with Crippen molar-refractivity contribution < 1.29 is 4.74 Å². The predicted molar refractivity (Wildman–Crippen MR) is 88.1 cm³/mol. The number of rotatable bonds is 5. The van der Waals surface area contributed by atoms with Crippen molar-refractivity contribution in [3.63, 3.8) is 0 Å². The molecule has 1 aliphatic heterocycles. The third-order valence-corrected chi connectivity index (χ3v) is 3.78. The van der Waals surface area contributed by atoms with Crippen LogP contribution in [-0.2, 0) is 0 Å². The summed E-state index contributed by atoms with van der Waals surface area (Å²) in [6.45, 7) is 9.43. The number of benzene rings is 1. The van der Waals surface area contributed by atoms with Crippen molar-refractivity contribution in [1.82, 2.24) is 10.2 Å². The van der Waals surface area contributed by atoms with Crippen molar-refractivity contribution in [3.8, 4) is 5.75 Å². The molecule has 0 saturated carbocycles. The number of ether oxygens (including phenoxy) is 1. The summed E-state index contributed by atoms with van der Waals surface area (Å²) in [6, 6.07) is 8.41. The van der Waals surface area contributed by atoms with Crippen LogP contribution in [0.25, 0.3) is 0 Å². The molecular weight excluding hydrogens is 262 g/mol. The zero-order valence-corrected chi connectivity index (χ0v) is 13.0. The van der Waals surface area contributed by atoms with E-state index in [0.717, 1.165) is 37.8 Å². The minimum atomic E-state index is 0.559. The van der Waals surface area contributed by atoms with Crippen LogP contribution in [0.5, 0.6) is 5.75 Å². The number of nitrogens with one attached hydrogen (secondary N) is 1. The Kier molecular flexibility index (Phi) is 5.67. The zero-order valence-electron chi connectivity index (χ0n) is 13.0. The van der Waals surface area contributed by atoms with Gasteiger partial charge in [-0.3, -0.25) is 0 Å². The van der Waals surface area contributed by atoms with E-state index in [-0.39, 0.29) is 0 Å². The van der Waals surface area contributed by atoms with Crippen molar-refractivity contribution in [2.45, 2.75) is 19.3 Å². The Morgan fingerprint density at radius 2 is 2.24 bits per heavy atom. The lowest BCUT2D eigenvalue weighted by Crippen LogP contribution is -2.40. The fraction of sp³-hybridized carbons (Fsp3) is 0.471. The number of aliphatic imine (C=N–C) groups is 1. The lowest BCUT2D eigenvalue weighted by Gasteiger charge is -2.21. The quantitative estimate of drug-likeness (QED) is 0.514. The summed E-state index contributed by atoms with van der Waals surface area (Å²) < 4.78 is 5.22. The summed E-state index contributed by atoms with van der Waals surface area (Å²) in [6.07, 6.45) is 2.99. The summed E-state index contributed by atoms with van der Waals surface area (Å²) in [4.78, 5) is 6.90. The molecule has 0 aromatic heterocycles. The maximum atomic E-state index is 5.22. The molecule has 0 bridgehead atoms. The Hall–Kier alpha value is -1.97. The monoisotopic (exact) mass is 287 g/mol. The first kappa shape index (κ1) is 15.4. The van der Waals surface area contributed by atoms with Crippen LogP contribution in [0.2, 0.25) is 0 Å². The van der Waals surface area contributed by atoms with E-state index in [1.807, 2.05) is 18.2 Å². The van der Waals surface area contributed by atoms with E-state index >= 15 is 0 Å². The van der Waals surface area contributed by atoms with Crippen LogP contribution >= 0.6 is 0 Å². The molecule has 4 heteroatoms. The maximum Gasteiger partial charge on any atom is 0.194 e. The Labute approximate surface area is 127 Å². The Morgan fingerprint density at radius 3 is 2.86 bits per heavy atom. The second kappa shape index (κ2) is 7.72. The molecule has 1 N–H and O–H groups in total. The van der Waals surface area contributed by atoms with Crippen LogP contribution in [0.4, 0.5) is 0 Å². The first-order valence-corrected chi connectivity index (χ1v) is 7.56. The topological polar surface area (TPSA) is 36.9 Å². The fourth-order valence-electron chi connectivity index (χ4n) is 2.68. The molecule has 1 heterocycles. The van der Waals surface area contributed by atoms with Crippen molar-refractivity contribution in [3.05, 3.63) is 42.5 Å². The molecule has 1 aromatic rings. The van der Waals surface area contributed by atoms with Crippen molar-refractivity contribution in [1.29, 1.82) is 0 Å². The minimum Gasteiger partial charge on any atom is -0.497 e. The number of hydrogen-bond donors (Lipinski definition) is 1. The van der Waals surface area contributed by atoms with E-state index in [0.29, 0.717) is 12.5 Å². The van der Waals surface area contributed by atoms with E-state index in [1.165, 1.54) is 5.56 Å². The molecule has 21 heavy (non-hydrogen) atoms. The van der Waals surface area contributed by atoms with E-state index in [4.69, 9.17) is 4.74 Å². The molecule has 0 amide bonds. The van der Waals surface area contributed by atoms with Gasteiger partial charge in [0.05, 0.1) is 13.7 Å². The third kappa shape index (κ3) is 4.00. The van der Waals surface area contributed by atoms with E-state index in [1.54, 1.807) is 7.11 Å². The highest BCUT2D eigenvalue weighted by Gasteiger charge is 2.25. The van der Waals surface area contributed by atoms with E-state index in [9.17, 15) is 0 Å². The van der Waals surface area contributed by atoms with Crippen LogP contribution in [0.3, 0.4) is 0 Å². The van der Waals surface area contributed by atoms with Gasteiger partial charge in [-0.05, 0) is 31.0 Å². The van der Waals surface area contributed by atoms with E-state index < -0.39 is 0 Å². The first-order chi connectivity index (χ1) is 10.3. The summed E-state index contributed by atoms with van der Waals surface area (Å²) in [5, 5.41) is 3.36. The molecule has 1 unspecified atom stereocenters. The van der Waals surface area contributed by atoms with Gasteiger partial charge in [-0.1, -0.05) is 18.2 Å². The van der Waals surface area contributed by atoms with Crippen LogP contribution in [-0.4, -0.2) is 44.1 Å². The SMILES string of the molecule is C=CCN=C(NCC)N1CCC(c2ccc(OC)cc2)C1. The standard InChI is InChI=1S/C17H25N3O/c1-4-11-19-17(18-5-2)20-12-10-15(13-20)14-6-8-16(21-3)9-7-14/h4,6-9,15H,1,5,10-13H2,2-3H3,(H,18,19). The summed E-state index contributed by atoms with van der Waals surface area (Å²) >= 11 is 0. The molecule has 1 atom stereocenters. The van der Waals surface area contributed by atoms with Gasteiger partial charge in [-0.2, -0.15) is 0 Å². The minimum absolute atomic E-state index is 0.559. The highest BCUT2D eigenvalue weighted by atomic mass is 16.5. The molecule has 2 rings (SSSR count). The van der Waals surface area contributed by atoms with Gasteiger partial charge in [0.15, 0.2) is 5.96 Å². The summed E-state index contributed by atoms with van der Waals surface area (Å²) in [5.41, 5.74) is 1.37. The second-order valence-corrected chi connectivity index (χ2v) is 5.19. The van der Waals surface area contributed by atoms with Gasteiger partial charge in [0.25, 0.3) is 0 Å². The lowest BCUT2D eigenvalue weighted by molar-refractivity contribution is 0.414. The van der Waals surface area contributed by atoms with Gasteiger partial charge in [-0.15, -0.1) is 6.58 Å². The highest BCUT2D eigenvalue weighted by molar-refractivity contribution is 5.80. The molecule has 0 spiro atoms. The third-order valence-electron chi connectivity index (χ3n) is 3.78. The van der Waals surface area contributed by atoms with Gasteiger partial charge in [0.2, 0.25) is 0 Å². The average Bonchev–Trinajstić information content (AvgIpc) is 3.01. The van der Waals surface area contributed by atoms with E-state index in [2.05, 4.69) is 40.8 Å². The molecule has 0 radical (unpaired) electrons. The smallest absolute Gasteiger partial charge is 0.194 e. The van der Waals surface area contributed by atoms with Gasteiger partial charge in [-0.25, -0.2) is 4.99 Å². The number of guanidine groups is 1. The van der Waals surface area contributed by atoms with Crippen LogP contribution in [0.15, 0.2) is 41.9 Å². The van der Waals surface area contributed by atoms with Gasteiger partial charge < -0.3 is 15.0 Å². The Morgan fingerprint density at radius 1 is 1.48 bits per heavy atom. The molecular formula is C17H25N3O. The van der Waals surface area contributed by atoms with Crippen molar-refractivity contribution >= 4 is 5.96 Å².